The van der Waals surface area contributed by atoms with Gasteiger partial charge < -0.3 is 15.1 Å². The molecule has 1 saturated heterocycles. The number of rotatable bonds is 3. The summed E-state index contributed by atoms with van der Waals surface area (Å²) >= 11 is 0. The van der Waals surface area contributed by atoms with Gasteiger partial charge in [-0.15, -0.1) is 10.2 Å². The molecule has 2 amide bonds. The van der Waals surface area contributed by atoms with E-state index < -0.39 is 0 Å². The first kappa shape index (κ1) is 18.9. The van der Waals surface area contributed by atoms with Crippen LogP contribution in [0.25, 0.3) is 11.3 Å². The van der Waals surface area contributed by atoms with Gasteiger partial charge in [-0.1, -0.05) is 17.7 Å². The van der Waals surface area contributed by atoms with E-state index in [9.17, 15) is 4.79 Å². The van der Waals surface area contributed by atoms with Gasteiger partial charge in [-0.2, -0.15) is 0 Å². The van der Waals surface area contributed by atoms with E-state index in [0.717, 1.165) is 41.4 Å². The summed E-state index contributed by atoms with van der Waals surface area (Å²) in [6, 6.07) is 13.8. The Labute approximate surface area is 170 Å². The number of hydrogen-bond donors (Lipinski definition) is 1. The molecule has 1 aliphatic rings. The number of carbonyl (C=O) groups excluding carboxylic acids is 1. The Hall–Kier alpha value is -3.48. The second-order valence-electron chi connectivity index (χ2n) is 7.24. The first-order chi connectivity index (χ1) is 14.1. The molecule has 0 atom stereocenters. The van der Waals surface area contributed by atoms with Crippen molar-refractivity contribution in [2.45, 2.75) is 13.8 Å². The Morgan fingerprint density at radius 2 is 1.69 bits per heavy atom. The first-order valence-electron chi connectivity index (χ1n) is 9.72. The van der Waals surface area contributed by atoms with Gasteiger partial charge in [-0.05, 0) is 49.7 Å². The van der Waals surface area contributed by atoms with Crippen LogP contribution in [0, 0.1) is 13.8 Å². The molecule has 1 aliphatic heterocycles. The molecule has 148 valence electrons. The monoisotopic (exact) mass is 388 g/mol. The quantitative estimate of drug-likeness (QED) is 0.743. The Bertz CT molecular complexity index is 982. The van der Waals surface area contributed by atoms with Crippen LogP contribution in [0.4, 0.5) is 16.3 Å². The van der Waals surface area contributed by atoms with Crippen LogP contribution < -0.4 is 10.2 Å². The summed E-state index contributed by atoms with van der Waals surface area (Å²) in [4.78, 5) is 20.6. The highest BCUT2D eigenvalue weighted by atomic mass is 16.2. The number of aromatic nitrogens is 3. The molecule has 29 heavy (non-hydrogen) atoms. The topological polar surface area (TPSA) is 74.2 Å². The van der Waals surface area contributed by atoms with Crippen LogP contribution in [0.15, 0.2) is 54.9 Å². The van der Waals surface area contributed by atoms with Crippen LogP contribution in [0.1, 0.15) is 11.1 Å². The molecule has 0 radical (unpaired) electrons. The molecule has 1 fully saturated rings. The molecule has 0 spiro atoms. The summed E-state index contributed by atoms with van der Waals surface area (Å²) in [5.74, 6) is 0.831. The van der Waals surface area contributed by atoms with Gasteiger partial charge in [0.25, 0.3) is 0 Å². The maximum Gasteiger partial charge on any atom is 0.321 e. The van der Waals surface area contributed by atoms with Crippen molar-refractivity contribution in [2.24, 2.45) is 0 Å². The molecule has 7 heteroatoms. The molecule has 7 nitrogen and oxygen atoms in total. The van der Waals surface area contributed by atoms with Crippen molar-refractivity contribution in [3.8, 4) is 11.3 Å². The van der Waals surface area contributed by atoms with E-state index in [1.165, 1.54) is 5.56 Å². The number of urea groups is 1. The molecule has 3 aromatic rings. The predicted molar refractivity (Wildman–Crippen MR) is 114 cm³/mol. The van der Waals surface area contributed by atoms with E-state index in [1.54, 1.807) is 12.4 Å². The molecule has 0 aliphatic carbocycles. The number of anilines is 2. The highest BCUT2D eigenvalue weighted by molar-refractivity contribution is 5.90. The number of nitrogens with zero attached hydrogens (tertiary/aromatic N) is 5. The number of hydrogen-bond acceptors (Lipinski definition) is 5. The minimum Gasteiger partial charge on any atom is -0.352 e. The Kier molecular flexibility index (Phi) is 5.37. The van der Waals surface area contributed by atoms with Gasteiger partial charge in [0, 0.05) is 49.8 Å². The molecule has 3 heterocycles. The number of nitrogens with one attached hydrogen (secondary N) is 1. The number of aryl methyl sites for hydroxylation is 2. The molecule has 0 unspecified atom stereocenters. The summed E-state index contributed by atoms with van der Waals surface area (Å²) in [6.07, 6.45) is 3.49. The van der Waals surface area contributed by atoms with Crippen LogP contribution in [-0.2, 0) is 0 Å². The maximum atomic E-state index is 12.6. The van der Waals surface area contributed by atoms with Crippen molar-refractivity contribution in [2.75, 3.05) is 36.4 Å². The fraction of sp³-hybridized carbons (Fsp3) is 0.273. The fourth-order valence-corrected chi connectivity index (χ4v) is 3.46. The second kappa shape index (κ2) is 8.26. The van der Waals surface area contributed by atoms with Crippen LogP contribution in [-0.4, -0.2) is 52.3 Å². The van der Waals surface area contributed by atoms with Gasteiger partial charge in [0.1, 0.15) is 0 Å². The second-order valence-corrected chi connectivity index (χ2v) is 7.24. The standard InChI is InChI=1S/C22H24N6O/c1-16-3-4-19(17(2)15-16)24-22(29)28-13-11-27(12-14-28)21-6-5-20(25-26-21)18-7-9-23-10-8-18/h3-10,15H,11-14H2,1-2H3,(H,24,29). The average molecular weight is 388 g/mol. The molecule has 0 bridgehead atoms. The molecular weight excluding hydrogens is 364 g/mol. The Balaban J connectivity index is 1.35. The number of pyridine rings is 1. The zero-order valence-electron chi connectivity index (χ0n) is 16.7. The molecule has 4 rings (SSSR count). The van der Waals surface area contributed by atoms with Gasteiger partial charge in [0.2, 0.25) is 0 Å². The SMILES string of the molecule is Cc1ccc(NC(=O)N2CCN(c3ccc(-c4ccncc4)nn3)CC2)c(C)c1. The smallest absolute Gasteiger partial charge is 0.321 e. The summed E-state index contributed by atoms with van der Waals surface area (Å²) < 4.78 is 0. The van der Waals surface area contributed by atoms with Gasteiger partial charge in [-0.25, -0.2) is 4.79 Å². The first-order valence-corrected chi connectivity index (χ1v) is 9.72. The predicted octanol–water partition coefficient (Wildman–Crippen LogP) is 3.51. The highest BCUT2D eigenvalue weighted by Crippen LogP contribution is 2.20. The van der Waals surface area contributed by atoms with E-state index in [-0.39, 0.29) is 6.03 Å². The van der Waals surface area contributed by atoms with Crippen molar-refractivity contribution in [3.05, 3.63) is 66.0 Å². The maximum absolute atomic E-state index is 12.6. The van der Waals surface area contributed by atoms with E-state index in [0.29, 0.717) is 13.1 Å². The van der Waals surface area contributed by atoms with Gasteiger partial charge in [0.15, 0.2) is 5.82 Å². The van der Waals surface area contributed by atoms with E-state index in [1.807, 2.05) is 55.1 Å². The minimum atomic E-state index is -0.0595. The molecule has 2 aromatic heterocycles. The van der Waals surface area contributed by atoms with Crippen LogP contribution in [0.2, 0.25) is 0 Å². The zero-order chi connectivity index (χ0) is 20.2. The van der Waals surface area contributed by atoms with Crippen LogP contribution in [0.3, 0.4) is 0 Å². The summed E-state index contributed by atoms with van der Waals surface area (Å²) in [5, 5.41) is 11.7. The highest BCUT2D eigenvalue weighted by Gasteiger charge is 2.22. The number of carbonyl (C=O) groups is 1. The van der Waals surface area contributed by atoms with Crippen molar-refractivity contribution < 1.29 is 4.79 Å². The van der Waals surface area contributed by atoms with E-state index >= 15 is 0 Å². The van der Waals surface area contributed by atoms with Gasteiger partial charge in [-0.3, -0.25) is 4.98 Å². The van der Waals surface area contributed by atoms with Gasteiger partial charge in [0.05, 0.1) is 5.69 Å². The normalized spacial score (nSPS) is 14.0. The summed E-state index contributed by atoms with van der Waals surface area (Å²) in [6.45, 7) is 6.79. The number of benzene rings is 1. The number of piperazine rings is 1. The average Bonchev–Trinajstić information content (AvgIpc) is 2.76. The van der Waals surface area contributed by atoms with Crippen molar-refractivity contribution in [1.29, 1.82) is 0 Å². The van der Waals surface area contributed by atoms with E-state index in [4.69, 9.17) is 0 Å². The lowest BCUT2D eigenvalue weighted by atomic mass is 10.1. The van der Waals surface area contributed by atoms with Crippen molar-refractivity contribution >= 4 is 17.5 Å². The van der Waals surface area contributed by atoms with Crippen molar-refractivity contribution in [3.63, 3.8) is 0 Å². The molecule has 1 N–H and O–H groups in total. The fourth-order valence-electron chi connectivity index (χ4n) is 3.46. The number of amides is 2. The minimum absolute atomic E-state index is 0.0595. The molecule has 1 aromatic carbocycles. The third kappa shape index (κ3) is 4.34. The molecular formula is C22H24N6O. The lowest BCUT2D eigenvalue weighted by Crippen LogP contribution is -2.50. The van der Waals surface area contributed by atoms with Crippen LogP contribution >= 0.6 is 0 Å². The molecule has 0 saturated carbocycles. The largest absolute Gasteiger partial charge is 0.352 e. The Morgan fingerprint density at radius 3 is 2.34 bits per heavy atom. The lowest BCUT2D eigenvalue weighted by Gasteiger charge is -2.35. The third-order valence-corrected chi connectivity index (χ3v) is 5.14. The third-order valence-electron chi connectivity index (χ3n) is 5.14. The van der Waals surface area contributed by atoms with Gasteiger partial charge >= 0.3 is 6.03 Å². The summed E-state index contributed by atoms with van der Waals surface area (Å²) in [5.41, 5.74) is 4.93. The lowest BCUT2D eigenvalue weighted by molar-refractivity contribution is 0.208. The van der Waals surface area contributed by atoms with Crippen LogP contribution in [0.5, 0.6) is 0 Å². The van der Waals surface area contributed by atoms with Crippen molar-refractivity contribution in [1.82, 2.24) is 20.1 Å². The zero-order valence-corrected chi connectivity index (χ0v) is 16.7. The summed E-state index contributed by atoms with van der Waals surface area (Å²) in [7, 11) is 0. The Morgan fingerprint density at radius 1 is 0.931 bits per heavy atom. The van der Waals surface area contributed by atoms with E-state index in [2.05, 4.69) is 31.5 Å².